The second-order valence-electron chi connectivity index (χ2n) is 13.8. The zero-order valence-electron chi connectivity index (χ0n) is 30.0. The van der Waals surface area contributed by atoms with Gasteiger partial charge in [-0.2, -0.15) is 0 Å². The summed E-state index contributed by atoms with van der Waals surface area (Å²) in [6, 6.07) is 0. The molecule has 0 radical (unpaired) electrons. The lowest BCUT2D eigenvalue weighted by molar-refractivity contribution is -0.150. The molecular weight excluding hydrogens is 544 g/mol. The Morgan fingerprint density at radius 2 is 0.682 bits per heavy atom. The minimum atomic E-state index is -0.697. The molecule has 44 heavy (non-hydrogen) atoms. The van der Waals surface area contributed by atoms with Crippen LogP contribution < -0.4 is 0 Å². The summed E-state index contributed by atoms with van der Waals surface area (Å²) in [5, 5.41) is 8.80. The first kappa shape index (κ1) is 42.9. The van der Waals surface area contributed by atoms with Crippen LogP contribution in [0.5, 0.6) is 0 Å². The van der Waals surface area contributed by atoms with Crippen molar-refractivity contribution in [3.8, 4) is 0 Å². The number of rotatable bonds is 37. The lowest BCUT2D eigenvalue weighted by Gasteiger charge is -2.18. The van der Waals surface area contributed by atoms with Gasteiger partial charge in [-0.25, -0.2) is 0 Å². The molecule has 0 aliphatic rings. The summed E-state index contributed by atoms with van der Waals surface area (Å²) in [5.74, 6) is -0.690. The third-order valence-electron chi connectivity index (χ3n) is 9.33. The predicted octanol–water partition coefficient (Wildman–Crippen LogP) is 13.7. The average Bonchev–Trinajstić information content (AvgIpc) is 3.00. The highest BCUT2D eigenvalue weighted by Crippen LogP contribution is 2.19. The fourth-order valence-corrected chi connectivity index (χ4v) is 6.36. The van der Waals surface area contributed by atoms with Crippen molar-refractivity contribution in [3.63, 3.8) is 0 Å². The maximum Gasteiger partial charge on any atom is 0.306 e. The van der Waals surface area contributed by atoms with Gasteiger partial charge in [0.05, 0.1) is 0 Å². The van der Waals surface area contributed by atoms with Gasteiger partial charge in [-0.1, -0.05) is 187 Å². The number of aliphatic carboxylic acids is 1. The molecule has 1 unspecified atom stereocenters. The molecule has 262 valence electrons. The minimum absolute atomic E-state index is 0.00696. The summed E-state index contributed by atoms with van der Waals surface area (Å²) in [7, 11) is 0. The van der Waals surface area contributed by atoms with Crippen molar-refractivity contribution in [1.82, 2.24) is 0 Å². The van der Waals surface area contributed by atoms with Crippen molar-refractivity contribution in [2.75, 3.05) is 0 Å². The van der Waals surface area contributed by atoms with Gasteiger partial charge in [-0.3, -0.25) is 9.59 Å². The second-order valence-corrected chi connectivity index (χ2v) is 13.8. The Kier molecular flexibility index (Phi) is 35.5. The van der Waals surface area contributed by atoms with Gasteiger partial charge in [-0.05, 0) is 38.5 Å². The van der Waals surface area contributed by atoms with E-state index in [9.17, 15) is 9.59 Å². The molecule has 0 rings (SSSR count). The van der Waals surface area contributed by atoms with Crippen LogP contribution in [0, 0.1) is 0 Å². The lowest BCUT2D eigenvalue weighted by atomic mass is 10.0. The average molecular weight is 623 g/mol. The molecule has 0 aromatic rings. The summed E-state index contributed by atoms with van der Waals surface area (Å²) < 4.78 is 5.99. The van der Waals surface area contributed by atoms with Crippen molar-refractivity contribution in [2.24, 2.45) is 0 Å². The Labute approximate surface area is 275 Å². The summed E-state index contributed by atoms with van der Waals surface area (Å²) in [6.07, 6.45) is 42.7. The summed E-state index contributed by atoms with van der Waals surface area (Å²) in [6.45, 7) is 4.55. The first-order valence-electron chi connectivity index (χ1n) is 20.0. The van der Waals surface area contributed by atoms with Crippen LogP contribution in [-0.4, -0.2) is 23.1 Å². The first-order chi connectivity index (χ1) is 21.6. The van der Waals surface area contributed by atoms with Gasteiger partial charge in [0.15, 0.2) is 0 Å². The number of carbonyl (C=O) groups is 2. The fraction of sp³-hybridized carbons (Fsp3) is 0.950. The fourth-order valence-electron chi connectivity index (χ4n) is 6.36. The van der Waals surface area contributed by atoms with E-state index in [1.54, 1.807) is 0 Å². The predicted molar refractivity (Wildman–Crippen MR) is 190 cm³/mol. The van der Waals surface area contributed by atoms with Crippen LogP contribution >= 0.6 is 0 Å². The molecule has 0 aliphatic heterocycles. The van der Waals surface area contributed by atoms with Crippen LogP contribution in [0.25, 0.3) is 0 Å². The van der Waals surface area contributed by atoms with Crippen LogP contribution in [0.2, 0.25) is 0 Å². The van der Waals surface area contributed by atoms with E-state index in [1.165, 1.54) is 148 Å². The van der Waals surface area contributed by atoms with Crippen molar-refractivity contribution in [3.05, 3.63) is 0 Å². The molecule has 1 atom stereocenters. The molecule has 0 saturated carbocycles. The van der Waals surface area contributed by atoms with Crippen molar-refractivity contribution in [2.45, 2.75) is 245 Å². The number of hydrogen-bond acceptors (Lipinski definition) is 3. The van der Waals surface area contributed by atoms with Gasteiger partial charge in [0.1, 0.15) is 6.10 Å². The molecule has 4 heteroatoms. The van der Waals surface area contributed by atoms with E-state index >= 15 is 0 Å². The Bertz CT molecular complexity index is 590. The van der Waals surface area contributed by atoms with Crippen molar-refractivity contribution < 1.29 is 19.4 Å². The molecule has 0 amide bonds. The first-order valence-corrected chi connectivity index (χ1v) is 20.0. The van der Waals surface area contributed by atoms with E-state index < -0.39 is 5.97 Å². The quantitative estimate of drug-likeness (QED) is 0.0553. The smallest absolute Gasteiger partial charge is 0.306 e. The van der Waals surface area contributed by atoms with E-state index in [1.807, 2.05) is 0 Å². The maximum atomic E-state index is 12.6. The van der Waals surface area contributed by atoms with Gasteiger partial charge >= 0.3 is 11.9 Å². The minimum Gasteiger partial charge on any atom is -0.481 e. The van der Waals surface area contributed by atoms with E-state index in [4.69, 9.17) is 9.84 Å². The van der Waals surface area contributed by atoms with Crippen LogP contribution in [0.4, 0.5) is 0 Å². The highest BCUT2D eigenvalue weighted by molar-refractivity contribution is 5.69. The molecule has 0 aromatic carbocycles. The summed E-state index contributed by atoms with van der Waals surface area (Å²) >= 11 is 0. The largest absolute Gasteiger partial charge is 0.481 e. The molecule has 0 aromatic heterocycles. The highest BCUT2D eigenvalue weighted by Gasteiger charge is 2.14. The number of ether oxygens (including phenoxy) is 1. The molecule has 1 N–H and O–H groups in total. The van der Waals surface area contributed by atoms with E-state index in [0.717, 1.165) is 64.2 Å². The van der Waals surface area contributed by atoms with Crippen molar-refractivity contribution in [1.29, 1.82) is 0 Å². The number of carboxylic acid groups (broad SMARTS) is 1. The van der Waals surface area contributed by atoms with Gasteiger partial charge in [-0.15, -0.1) is 0 Å². The summed E-state index contributed by atoms with van der Waals surface area (Å²) in [4.78, 5) is 23.3. The van der Waals surface area contributed by atoms with Crippen LogP contribution in [-0.2, 0) is 14.3 Å². The number of carbonyl (C=O) groups excluding carboxylic acids is 1. The molecule has 0 aliphatic carbocycles. The maximum absolute atomic E-state index is 12.6. The topological polar surface area (TPSA) is 63.6 Å². The zero-order chi connectivity index (χ0) is 32.2. The molecule has 4 nitrogen and oxygen atoms in total. The third kappa shape index (κ3) is 35.4. The zero-order valence-corrected chi connectivity index (χ0v) is 30.0. The number of unbranched alkanes of at least 4 members (excludes halogenated alkanes) is 28. The second kappa shape index (κ2) is 36.4. The van der Waals surface area contributed by atoms with Crippen LogP contribution in [0.15, 0.2) is 0 Å². The van der Waals surface area contributed by atoms with Gasteiger partial charge in [0.2, 0.25) is 0 Å². The molecule has 0 heterocycles. The molecule has 0 saturated heterocycles. The van der Waals surface area contributed by atoms with E-state index in [0.29, 0.717) is 6.42 Å². The monoisotopic (exact) mass is 623 g/mol. The Morgan fingerprint density at radius 3 is 1.00 bits per heavy atom. The lowest BCUT2D eigenvalue weighted by Crippen LogP contribution is -2.18. The van der Waals surface area contributed by atoms with Crippen LogP contribution in [0.3, 0.4) is 0 Å². The number of esters is 1. The molecular formula is C40H78O4. The summed E-state index contributed by atoms with van der Waals surface area (Å²) in [5.41, 5.74) is 0. The number of hydrogen-bond donors (Lipinski definition) is 1. The normalized spacial score (nSPS) is 12.0. The highest BCUT2D eigenvalue weighted by atomic mass is 16.5. The molecule has 0 spiro atoms. The van der Waals surface area contributed by atoms with E-state index in [2.05, 4.69) is 13.8 Å². The SMILES string of the molecule is CCCCCCCCCCCCCCCCCCCCC(=O)OC(CCCCCCCCCC)CCCCCCCC(=O)O. The van der Waals surface area contributed by atoms with Gasteiger partial charge < -0.3 is 9.84 Å². The van der Waals surface area contributed by atoms with Gasteiger partial charge in [0.25, 0.3) is 0 Å². The van der Waals surface area contributed by atoms with Crippen LogP contribution in [0.1, 0.15) is 239 Å². The Balaban J connectivity index is 3.84. The standard InChI is InChI=1S/C40H78O4/c1-3-5-7-9-11-13-14-15-16-17-18-19-20-21-22-24-29-33-37-40(43)44-38(34-30-26-23-12-10-8-6-4-2)35-31-27-25-28-32-36-39(41)42/h38H,3-37H2,1-2H3,(H,41,42). The Hall–Kier alpha value is -1.06. The van der Waals surface area contributed by atoms with Crippen molar-refractivity contribution >= 4 is 11.9 Å². The number of carboxylic acids is 1. The molecule has 0 bridgehead atoms. The third-order valence-corrected chi connectivity index (χ3v) is 9.33. The Morgan fingerprint density at radius 1 is 0.409 bits per heavy atom. The van der Waals surface area contributed by atoms with Gasteiger partial charge in [0, 0.05) is 12.8 Å². The molecule has 0 fully saturated rings. The van der Waals surface area contributed by atoms with E-state index in [-0.39, 0.29) is 18.5 Å².